The summed E-state index contributed by atoms with van der Waals surface area (Å²) in [6, 6.07) is 0.545. The van der Waals surface area contributed by atoms with Gasteiger partial charge < -0.3 is 10.1 Å². The summed E-state index contributed by atoms with van der Waals surface area (Å²) in [6.07, 6.45) is 8.17. The van der Waals surface area contributed by atoms with Gasteiger partial charge in [-0.05, 0) is 26.7 Å². The van der Waals surface area contributed by atoms with Crippen LogP contribution in [0.4, 0.5) is 0 Å². The number of hydrogen-bond acceptors (Lipinski definition) is 3. The molecule has 3 nitrogen and oxygen atoms in total. The molecule has 0 aromatic carbocycles. The minimum atomic E-state index is -0.221. The van der Waals surface area contributed by atoms with Crippen LogP contribution in [0.1, 0.15) is 46.0 Å². The maximum absolute atomic E-state index is 11.3. The van der Waals surface area contributed by atoms with Gasteiger partial charge in [0, 0.05) is 17.8 Å². The molecular formula is C12H21NO2. The highest BCUT2D eigenvalue weighted by Gasteiger charge is 2.12. The molecule has 15 heavy (non-hydrogen) atoms. The average Bonchev–Trinajstić information content (AvgIpc) is 2.27. The molecule has 1 aliphatic carbocycles. The van der Waals surface area contributed by atoms with E-state index in [0.717, 1.165) is 0 Å². The highest BCUT2D eigenvalue weighted by Crippen LogP contribution is 2.17. The van der Waals surface area contributed by atoms with Crippen LogP contribution in [-0.4, -0.2) is 18.6 Å². The minimum Gasteiger partial charge on any atom is -0.463 e. The smallest absolute Gasteiger partial charge is 0.335 e. The lowest BCUT2D eigenvalue weighted by atomic mass is 9.96. The van der Waals surface area contributed by atoms with Gasteiger partial charge in [0.05, 0.1) is 6.61 Å². The van der Waals surface area contributed by atoms with Crippen molar-refractivity contribution in [2.75, 3.05) is 6.61 Å². The summed E-state index contributed by atoms with van der Waals surface area (Å²) in [5.41, 5.74) is 0.655. The van der Waals surface area contributed by atoms with Gasteiger partial charge >= 0.3 is 5.97 Å². The van der Waals surface area contributed by atoms with E-state index in [0.29, 0.717) is 18.2 Å². The van der Waals surface area contributed by atoms with Crippen LogP contribution >= 0.6 is 0 Å². The van der Waals surface area contributed by atoms with Crippen LogP contribution in [0.3, 0.4) is 0 Å². The Morgan fingerprint density at radius 3 is 2.67 bits per heavy atom. The predicted octanol–water partition coefficient (Wildman–Crippen LogP) is 2.38. The van der Waals surface area contributed by atoms with Gasteiger partial charge in [-0.25, -0.2) is 4.79 Å². The molecule has 0 saturated heterocycles. The fourth-order valence-corrected chi connectivity index (χ4v) is 1.82. The van der Waals surface area contributed by atoms with Crippen LogP contribution in [0.25, 0.3) is 0 Å². The van der Waals surface area contributed by atoms with E-state index in [1.807, 2.05) is 6.92 Å². The van der Waals surface area contributed by atoms with Crippen molar-refractivity contribution < 1.29 is 9.53 Å². The third kappa shape index (κ3) is 4.36. The number of hydrogen-bond donors (Lipinski definition) is 1. The van der Waals surface area contributed by atoms with E-state index >= 15 is 0 Å². The number of carbonyl (C=O) groups excluding carboxylic acids is 1. The fourth-order valence-electron chi connectivity index (χ4n) is 1.82. The second-order valence-electron chi connectivity index (χ2n) is 4.05. The number of ether oxygens (including phenoxy) is 1. The molecule has 1 saturated carbocycles. The second kappa shape index (κ2) is 6.49. The molecule has 3 heteroatoms. The van der Waals surface area contributed by atoms with Crippen molar-refractivity contribution >= 4 is 5.97 Å². The van der Waals surface area contributed by atoms with Gasteiger partial charge in [0.25, 0.3) is 0 Å². The zero-order chi connectivity index (χ0) is 11.1. The lowest BCUT2D eigenvalue weighted by Crippen LogP contribution is -2.27. The van der Waals surface area contributed by atoms with Crippen molar-refractivity contribution in [1.29, 1.82) is 0 Å². The monoisotopic (exact) mass is 211 g/mol. The third-order valence-electron chi connectivity index (χ3n) is 2.74. The molecule has 0 aromatic heterocycles. The molecule has 0 radical (unpaired) electrons. The normalized spacial score (nSPS) is 18.7. The van der Waals surface area contributed by atoms with Gasteiger partial charge in [0.1, 0.15) is 0 Å². The van der Waals surface area contributed by atoms with E-state index in [1.165, 1.54) is 32.1 Å². The first-order chi connectivity index (χ1) is 7.24. The van der Waals surface area contributed by atoms with Crippen molar-refractivity contribution in [2.24, 2.45) is 0 Å². The van der Waals surface area contributed by atoms with E-state index in [-0.39, 0.29) is 5.97 Å². The SMILES string of the molecule is CCOC(=O)/C(C)=C/NC1CCCCC1. The molecule has 0 amide bonds. The van der Waals surface area contributed by atoms with Crippen molar-refractivity contribution in [3.05, 3.63) is 11.8 Å². The highest BCUT2D eigenvalue weighted by molar-refractivity contribution is 5.87. The Hall–Kier alpha value is -0.990. The zero-order valence-electron chi connectivity index (χ0n) is 9.71. The molecule has 0 spiro atoms. The van der Waals surface area contributed by atoms with Crippen LogP contribution in [0.2, 0.25) is 0 Å². The second-order valence-corrected chi connectivity index (χ2v) is 4.05. The molecule has 1 aliphatic rings. The number of esters is 1. The Kier molecular flexibility index (Phi) is 5.22. The van der Waals surface area contributed by atoms with Crippen LogP contribution < -0.4 is 5.32 Å². The quantitative estimate of drug-likeness (QED) is 0.573. The first-order valence-corrected chi connectivity index (χ1v) is 5.84. The van der Waals surface area contributed by atoms with Gasteiger partial charge in [-0.2, -0.15) is 0 Å². The molecule has 1 N–H and O–H groups in total. The van der Waals surface area contributed by atoms with Crippen molar-refractivity contribution in [3.8, 4) is 0 Å². The first-order valence-electron chi connectivity index (χ1n) is 5.84. The molecule has 0 aliphatic heterocycles. The molecule has 1 rings (SSSR count). The fraction of sp³-hybridized carbons (Fsp3) is 0.750. The van der Waals surface area contributed by atoms with Crippen LogP contribution in [-0.2, 0) is 9.53 Å². The van der Waals surface area contributed by atoms with Crippen LogP contribution in [0.5, 0.6) is 0 Å². The molecule has 1 fully saturated rings. The molecule has 0 unspecified atom stereocenters. The Balaban J connectivity index is 2.31. The van der Waals surface area contributed by atoms with Gasteiger partial charge in [-0.15, -0.1) is 0 Å². The van der Waals surface area contributed by atoms with E-state index in [4.69, 9.17) is 4.74 Å². The molecule has 86 valence electrons. The third-order valence-corrected chi connectivity index (χ3v) is 2.74. The Bertz CT molecular complexity index is 230. The van der Waals surface area contributed by atoms with E-state index in [9.17, 15) is 4.79 Å². The van der Waals surface area contributed by atoms with Gasteiger partial charge in [0.2, 0.25) is 0 Å². The van der Waals surface area contributed by atoms with E-state index in [1.54, 1.807) is 13.1 Å². The molecule has 0 heterocycles. The summed E-state index contributed by atoms with van der Waals surface area (Å²) in [6.45, 7) is 4.04. The molecule has 0 bridgehead atoms. The average molecular weight is 211 g/mol. The summed E-state index contributed by atoms with van der Waals surface area (Å²) >= 11 is 0. The van der Waals surface area contributed by atoms with Crippen LogP contribution in [0, 0.1) is 0 Å². The minimum absolute atomic E-state index is 0.221. The predicted molar refractivity (Wildman–Crippen MR) is 60.4 cm³/mol. The summed E-state index contributed by atoms with van der Waals surface area (Å²) < 4.78 is 4.90. The number of nitrogens with one attached hydrogen (secondary N) is 1. The number of carbonyl (C=O) groups is 1. The molecule has 0 atom stereocenters. The van der Waals surface area contributed by atoms with Gasteiger partial charge in [-0.1, -0.05) is 19.3 Å². The summed E-state index contributed by atoms with van der Waals surface area (Å²) in [5.74, 6) is -0.221. The Morgan fingerprint density at radius 1 is 1.40 bits per heavy atom. The Labute approximate surface area is 91.9 Å². The van der Waals surface area contributed by atoms with Crippen molar-refractivity contribution in [3.63, 3.8) is 0 Å². The summed E-state index contributed by atoms with van der Waals surface area (Å²) in [5, 5.41) is 3.30. The largest absolute Gasteiger partial charge is 0.463 e. The van der Waals surface area contributed by atoms with Crippen LogP contribution in [0.15, 0.2) is 11.8 Å². The zero-order valence-corrected chi connectivity index (χ0v) is 9.71. The first kappa shape index (κ1) is 12.1. The summed E-state index contributed by atoms with van der Waals surface area (Å²) in [7, 11) is 0. The summed E-state index contributed by atoms with van der Waals surface area (Å²) in [4.78, 5) is 11.3. The van der Waals surface area contributed by atoms with E-state index < -0.39 is 0 Å². The van der Waals surface area contributed by atoms with Crippen molar-refractivity contribution in [1.82, 2.24) is 5.32 Å². The number of rotatable bonds is 4. The Morgan fingerprint density at radius 2 is 2.07 bits per heavy atom. The maximum Gasteiger partial charge on any atom is 0.335 e. The van der Waals surface area contributed by atoms with Crippen molar-refractivity contribution in [2.45, 2.75) is 52.0 Å². The lowest BCUT2D eigenvalue weighted by Gasteiger charge is -2.22. The molecular weight excluding hydrogens is 190 g/mol. The lowest BCUT2D eigenvalue weighted by molar-refractivity contribution is -0.138. The standard InChI is InChI=1S/C12H21NO2/c1-3-15-12(14)10(2)9-13-11-7-5-4-6-8-11/h9,11,13H,3-8H2,1-2H3/b10-9+. The topological polar surface area (TPSA) is 38.3 Å². The van der Waals surface area contributed by atoms with E-state index in [2.05, 4.69) is 5.32 Å². The van der Waals surface area contributed by atoms with Gasteiger partial charge in [-0.3, -0.25) is 0 Å². The maximum atomic E-state index is 11.3. The van der Waals surface area contributed by atoms with Gasteiger partial charge in [0.15, 0.2) is 0 Å². The highest BCUT2D eigenvalue weighted by atomic mass is 16.5. The molecule has 0 aromatic rings.